The molecule has 44 heavy (non-hydrogen) atoms. The topological polar surface area (TPSA) is 154 Å². The largest absolute Gasteiger partial charge is 0.481 e. The van der Waals surface area contributed by atoms with Crippen molar-refractivity contribution in [1.82, 2.24) is 14.9 Å². The average molecular weight is 599 g/mol. The van der Waals surface area contributed by atoms with E-state index in [9.17, 15) is 29.4 Å². The number of amides is 2. The Morgan fingerprint density at radius 3 is 2.36 bits per heavy atom. The lowest BCUT2D eigenvalue weighted by atomic mass is 9.99. The molecule has 2 amide bonds. The second-order valence-electron chi connectivity index (χ2n) is 11.5. The van der Waals surface area contributed by atoms with Crippen molar-refractivity contribution in [2.45, 2.75) is 79.7 Å². The Morgan fingerprint density at radius 1 is 1.05 bits per heavy atom. The van der Waals surface area contributed by atoms with Gasteiger partial charge in [-0.15, -0.1) is 0 Å². The van der Waals surface area contributed by atoms with Crippen molar-refractivity contribution in [2.24, 2.45) is 10.9 Å². The third-order valence-electron chi connectivity index (χ3n) is 9.03. The Labute approximate surface area is 255 Å². The summed E-state index contributed by atoms with van der Waals surface area (Å²) in [6.07, 6.45) is 9.45. The van der Waals surface area contributed by atoms with E-state index in [1.54, 1.807) is 0 Å². The minimum Gasteiger partial charge on any atom is -0.481 e. The molecule has 230 valence electrons. The van der Waals surface area contributed by atoms with E-state index in [-0.39, 0.29) is 30.6 Å². The molecule has 1 fully saturated rings. The highest BCUT2D eigenvalue weighted by Crippen LogP contribution is 2.30. The summed E-state index contributed by atoms with van der Waals surface area (Å²) in [6.45, 7) is 10.2. The smallest absolute Gasteiger partial charge is 0.303 e. The number of carboxylic acid groups (broad SMARTS) is 2. The lowest BCUT2D eigenvalue weighted by Crippen LogP contribution is -2.28. The molecule has 3 aliphatic heterocycles. The molecule has 3 aliphatic rings. The van der Waals surface area contributed by atoms with Crippen LogP contribution in [-0.4, -0.2) is 49.2 Å². The van der Waals surface area contributed by atoms with Crippen LogP contribution in [0, 0.1) is 19.8 Å². The van der Waals surface area contributed by atoms with Crippen molar-refractivity contribution >= 4 is 47.7 Å². The van der Waals surface area contributed by atoms with Crippen LogP contribution in [0.3, 0.4) is 0 Å². The van der Waals surface area contributed by atoms with Gasteiger partial charge < -0.3 is 25.1 Å². The standard InChI is InChI=1S/C34H38N4O6/c1-6-20-19(5)33(43)36-26(20)14-25-17(3)22(8-10-31(39)40)27(35-25)16-30-23(9-11-32(41)42)18(4)29-15-28-24(12-13-38(29)30)21(7-2)34(44)37-28/h6,14-16,19,35H,7-13H2,1-5H3,(H,36,43)(H,39,40)(H,41,42)/b20-6-,26-14-,30-16+. The molecule has 1 unspecified atom stereocenters. The number of fused-ring (bicyclic) bond motifs is 2. The van der Waals surface area contributed by atoms with E-state index < -0.39 is 11.9 Å². The summed E-state index contributed by atoms with van der Waals surface area (Å²) >= 11 is 0. The SMILES string of the molecule is C/C=C1\C(=C\c2[nH]c(/C=c3\c(CCC(=O)O)c(C)c4n3CCC3=C(CC)C(=O)N=C3C=4)c(CCC(=O)O)c2C)NC(=O)C1C. The summed E-state index contributed by atoms with van der Waals surface area (Å²) in [4.78, 5) is 56.0. The fourth-order valence-corrected chi connectivity index (χ4v) is 6.62. The number of carboxylic acids is 2. The van der Waals surface area contributed by atoms with Crippen molar-refractivity contribution in [1.29, 1.82) is 0 Å². The minimum absolute atomic E-state index is 0.0489. The molecule has 0 aliphatic carbocycles. The molecule has 0 bridgehead atoms. The number of nitrogens with zero attached hydrogens (tertiary/aromatic N) is 2. The van der Waals surface area contributed by atoms with E-state index in [1.807, 2.05) is 58.9 Å². The maximum atomic E-state index is 12.5. The molecule has 2 aromatic heterocycles. The van der Waals surface area contributed by atoms with Gasteiger partial charge in [-0.2, -0.15) is 0 Å². The van der Waals surface area contributed by atoms with Crippen molar-refractivity contribution in [3.63, 3.8) is 0 Å². The van der Waals surface area contributed by atoms with Crippen LogP contribution >= 0.6 is 0 Å². The van der Waals surface area contributed by atoms with Gasteiger partial charge in [0.2, 0.25) is 5.91 Å². The molecule has 5 rings (SSSR count). The molecule has 10 heteroatoms. The first-order valence-electron chi connectivity index (χ1n) is 15.1. The number of allylic oxidation sites excluding steroid dienone is 3. The highest BCUT2D eigenvalue weighted by Gasteiger charge is 2.30. The van der Waals surface area contributed by atoms with Gasteiger partial charge in [0.05, 0.1) is 11.6 Å². The molecule has 0 aromatic carbocycles. The monoisotopic (exact) mass is 598 g/mol. The van der Waals surface area contributed by atoms with E-state index in [1.165, 1.54) is 0 Å². The first kappa shape index (κ1) is 30.7. The van der Waals surface area contributed by atoms with Crippen molar-refractivity contribution in [3.8, 4) is 0 Å². The van der Waals surface area contributed by atoms with Crippen LogP contribution < -0.4 is 16.0 Å². The summed E-state index contributed by atoms with van der Waals surface area (Å²) < 4.78 is 2.16. The Balaban J connectivity index is 1.73. The number of aliphatic imine (C=N–C) groups is 1. The number of hydrogen-bond acceptors (Lipinski definition) is 4. The van der Waals surface area contributed by atoms with Gasteiger partial charge in [-0.3, -0.25) is 19.2 Å². The van der Waals surface area contributed by atoms with Gasteiger partial charge in [-0.1, -0.05) is 13.0 Å². The third kappa shape index (κ3) is 5.52. The van der Waals surface area contributed by atoms with Gasteiger partial charge in [0, 0.05) is 52.7 Å². The van der Waals surface area contributed by atoms with Crippen LogP contribution in [-0.2, 0) is 38.6 Å². The molecule has 0 saturated carbocycles. The van der Waals surface area contributed by atoms with Crippen LogP contribution in [0.5, 0.6) is 0 Å². The number of aromatic nitrogens is 2. The average Bonchev–Trinajstić information content (AvgIpc) is 3.56. The van der Waals surface area contributed by atoms with Gasteiger partial charge in [0.1, 0.15) is 0 Å². The van der Waals surface area contributed by atoms with Crippen LogP contribution in [0.1, 0.15) is 80.1 Å². The molecule has 0 spiro atoms. The number of carbonyl (C=O) groups is 4. The van der Waals surface area contributed by atoms with Crippen LogP contribution in [0.2, 0.25) is 0 Å². The summed E-state index contributed by atoms with van der Waals surface area (Å²) in [5, 5.41) is 23.7. The fourth-order valence-electron chi connectivity index (χ4n) is 6.62. The normalized spacial score (nSPS) is 20.2. The molecule has 1 saturated heterocycles. The number of carbonyl (C=O) groups excluding carboxylic acids is 2. The molecule has 2 aromatic rings. The minimum atomic E-state index is -0.907. The number of hydrogen-bond donors (Lipinski definition) is 4. The van der Waals surface area contributed by atoms with Crippen molar-refractivity contribution < 1.29 is 29.4 Å². The van der Waals surface area contributed by atoms with E-state index in [0.717, 1.165) is 61.1 Å². The lowest BCUT2D eigenvalue weighted by Gasteiger charge is -2.07. The number of rotatable bonds is 9. The lowest BCUT2D eigenvalue weighted by molar-refractivity contribution is -0.138. The molecule has 1 atom stereocenters. The van der Waals surface area contributed by atoms with Gasteiger partial charge in [-0.05, 0) is 105 Å². The molecule has 0 radical (unpaired) electrons. The third-order valence-corrected chi connectivity index (χ3v) is 9.03. The first-order chi connectivity index (χ1) is 20.9. The number of H-pyrrole nitrogens is 1. The maximum Gasteiger partial charge on any atom is 0.303 e. The molecule has 10 nitrogen and oxygen atoms in total. The maximum absolute atomic E-state index is 12.5. The predicted molar refractivity (Wildman–Crippen MR) is 167 cm³/mol. The summed E-state index contributed by atoms with van der Waals surface area (Å²) in [6, 6.07) is 0. The summed E-state index contributed by atoms with van der Waals surface area (Å²) in [5.74, 6) is -2.34. The molecule has 5 heterocycles. The van der Waals surface area contributed by atoms with Gasteiger partial charge >= 0.3 is 11.9 Å². The van der Waals surface area contributed by atoms with E-state index >= 15 is 0 Å². The highest BCUT2D eigenvalue weighted by molar-refractivity contribution is 6.31. The van der Waals surface area contributed by atoms with Crippen molar-refractivity contribution in [2.75, 3.05) is 0 Å². The zero-order valence-corrected chi connectivity index (χ0v) is 25.8. The number of nitrogens with one attached hydrogen (secondary N) is 2. The van der Waals surface area contributed by atoms with E-state index in [0.29, 0.717) is 43.6 Å². The van der Waals surface area contributed by atoms with Crippen molar-refractivity contribution in [3.05, 3.63) is 72.8 Å². The van der Waals surface area contributed by atoms with Crippen LogP contribution in [0.4, 0.5) is 0 Å². The Kier molecular flexibility index (Phi) is 8.45. The first-order valence-corrected chi connectivity index (χ1v) is 15.1. The van der Waals surface area contributed by atoms with Gasteiger partial charge in [0.15, 0.2) is 0 Å². The summed E-state index contributed by atoms with van der Waals surface area (Å²) in [5.41, 5.74) is 9.00. The Bertz CT molecular complexity index is 1860. The quantitative estimate of drug-likeness (QED) is 0.348. The Hall–Kier alpha value is -4.73. The zero-order chi connectivity index (χ0) is 31.9. The van der Waals surface area contributed by atoms with E-state index in [2.05, 4.69) is 19.9 Å². The second kappa shape index (κ2) is 12.1. The fraction of sp³-hybridized carbons (Fsp3) is 0.382. The predicted octanol–water partition coefficient (Wildman–Crippen LogP) is 3.22. The Morgan fingerprint density at radius 2 is 1.73 bits per heavy atom. The molecular weight excluding hydrogens is 560 g/mol. The molecule has 4 N–H and O–H groups in total. The molecular formula is C34H38N4O6. The van der Waals surface area contributed by atoms with Crippen LogP contribution in [0.15, 0.2) is 33.5 Å². The highest BCUT2D eigenvalue weighted by atomic mass is 16.4. The second-order valence-corrected chi connectivity index (χ2v) is 11.5. The number of aliphatic carboxylic acids is 2. The van der Waals surface area contributed by atoms with E-state index in [4.69, 9.17) is 0 Å². The van der Waals surface area contributed by atoms with Crippen LogP contribution in [0.25, 0.3) is 18.2 Å². The summed E-state index contributed by atoms with van der Waals surface area (Å²) in [7, 11) is 0. The van der Waals surface area contributed by atoms with Gasteiger partial charge in [0.25, 0.3) is 5.91 Å². The van der Waals surface area contributed by atoms with Gasteiger partial charge in [-0.25, -0.2) is 4.99 Å². The zero-order valence-electron chi connectivity index (χ0n) is 25.8. The number of aromatic amines is 1.